The molecular weight excluding hydrogens is 284 g/mol. The molecule has 0 aliphatic heterocycles. The van der Waals surface area contributed by atoms with Gasteiger partial charge in [0.15, 0.2) is 5.22 Å². The molecule has 0 amide bonds. The average molecular weight is 315 g/mol. The average Bonchev–Trinajstić information content (AvgIpc) is 2.91. The van der Waals surface area contributed by atoms with Crippen molar-refractivity contribution in [2.24, 2.45) is 5.84 Å². The van der Waals surface area contributed by atoms with E-state index < -0.39 is 0 Å². The molecule has 0 aliphatic rings. The number of nitrogens with one attached hydrogen (secondary N) is 1. The van der Waals surface area contributed by atoms with Crippen molar-refractivity contribution in [1.82, 2.24) is 5.43 Å². The van der Waals surface area contributed by atoms with Crippen LogP contribution >= 0.6 is 11.6 Å². The molecule has 0 bridgehead atoms. The lowest BCUT2D eigenvalue weighted by molar-refractivity contribution is 0.468. The third-order valence-electron chi connectivity index (χ3n) is 4.07. The van der Waals surface area contributed by atoms with Gasteiger partial charge in [-0.25, -0.2) is 0 Å². The van der Waals surface area contributed by atoms with Gasteiger partial charge in [0.05, 0.1) is 12.3 Å². The Kier molecular flexibility index (Phi) is 10.7. The molecule has 3 N–H and O–H groups in total. The van der Waals surface area contributed by atoms with Crippen molar-refractivity contribution in [3.05, 3.63) is 23.1 Å². The second kappa shape index (κ2) is 12.1. The molecule has 0 fully saturated rings. The van der Waals surface area contributed by atoms with Gasteiger partial charge in [-0.1, -0.05) is 71.1 Å². The van der Waals surface area contributed by atoms with Crippen molar-refractivity contribution in [2.45, 2.75) is 83.6 Å². The summed E-state index contributed by atoms with van der Waals surface area (Å²) >= 11 is 5.98. The molecule has 1 aromatic rings. The zero-order valence-corrected chi connectivity index (χ0v) is 14.1. The maximum Gasteiger partial charge on any atom is 0.197 e. The second-order valence-corrected chi connectivity index (χ2v) is 6.18. The minimum atomic E-state index is 0.102. The number of unbranched alkanes of at least 4 members (excludes halogenated alkanes) is 9. The molecule has 1 atom stereocenters. The smallest absolute Gasteiger partial charge is 0.197 e. The van der Waals surface area contributed by atoms with Crippen LogP contribution < -0.4 is 11.3 Å². The maximum atomic E-state index is 5.98. The zero-order chi connectivity index (χ0) is 15.3. The molecule has 122 valence electrons. The Labute approximate surface area is 134 Å². The van der Waals surface area contributed by atoms with E-state index in [1.807, 2.05) is 6.07 Å². The van der Waals surface area contributed by atoms with Crippen LogP contribution in [0.2, 0.25) is 5.22 Å². The minimum absolute atomic E-state index is 0.102. The number of halogens is 1. The summed E-state index contributed by atoms with van der Waals surface area (Å²) in [5.41, 5.74) is 3.80. The zero-order valence-electron chi connectivity index (χ0n) is 13.4. The van der Waals surface area contributed by atoms with E-state index in [9.17, 15) is 0 Å². The Morgan fingerprint density at radius 3 is 2.10 bits per heavy atom. The number of hydrazine groups is 1. The van der Waals surface area contributed by atoms with E-state index in [1.54, 1.807) is 6.26 Å². The summed E-state index contributed by atoms with van der Waals surface area (Å²) in [4.78, 5) is 0. The fraction of sp³-hybridized carbons (Fsp3) is 0.765. The van der Waals surface area contributed by atoms with Crippen LogP contribution in [0.3, 0.4) is 0 Å². The van der Waals surface area contributed by atoms with Crippen LogP contribution in [0.15, 0.2) is 16.7 Å². The Bertz CT molecular complexity index is 354. The largest absolute Gasteiger partial charge is 0.453 e. The van der Waals surface area contributed by atoms with Crippen molar-refractivity contribution in [3.8, 4) is 0 Å². The lowest BCUT2D eigenvalue weighted by Crippen LogP contribution is -2.27. The Hall–Kier alpha value is -0.510. The van der Waals surface area contributed by atoms with E-state index >= 15 is 0 Å². The van der Waals surface area contributed by atoms with Crippen LogP contribution in [0.25, 0.3) is 0 Å². The van der Waals surface area contributed by atoms with E-state index in [1.165, 1.54) is 64.2 Å². The van der Waals surface area contributed by atoms with Crippen LogP contribution in [0.1, 0.15) is 89.2 Å². The topological polar surface area (TPSA) is 51.2 Å². The molecule has 1 unspecified atom stereocenters. The van der Waals surface area contributed by atoms with Crippen LogP contribution in [0.5, 0.6) is 0 Å². The summed E-state index contributed by atoms with van der Waals surface area (Å²) in [5, 5.41) is 0.449. The van der Waals surface area contributed by atoms with Crippen LogP contribution in [-0.2, 0) is 0 Å². The first-order chi connectivity index (χ1) is 10.3. The molecule has 0 radical (unpaired) electrons. The molecule has 21 heavy (non-hydrogen) atoms. The number of hydrogen-bond acceptors (Lipinski definition) is 3. The third kappa shape index (κ3) is 7.89. The first-order valence-electron chi connectivity index (χ1n) is 8.48. The highest BCUT2D eigenvalue weighted by atomic mass is 35.5. The number of hydrogen-bond donors (Lipinski definition) is 2. The molecule has 4 heteroatoms. The molecule has 0 aliphatic carbocycles. The van der Waals surface area contributed by atoms with Crippen molar-refractivity contribution in [1.29, 1.82) is 0 Å². The molecule has 0 saturated heterocycles. The van der Waals surface area contributed by atoms with Gasteiger partial charge < -0.3 is 4.42 Å². The summed E-state index contributed by atoms with van der Waals surface area (Å²) in [6, 6.07) is 1.99. The van der Waals surface area contributed by atoms with Gasteiger partial charge >= 0.3 is 0 Å². The van der Waals surface area contributed by atoms with Gasteiger partial charge in [0, 0.05) is 5.56 Å². The van der Waals surface area contributed by atoms with Crippen LogP contribution in [0, 0.1) is 0 Å². The predicted molar refractivity (Wildman–Crippen MR) is 90.2 cm³/mol. The normalized spacial score (nSPS) is 12.7. The van der Waals surface area contributed by atoms with Crippen molar-refractivity contribution >= 4 is 11.6 Å². The van der Waals surface area contributed by atoms with Gasteiger partial charge in [0.2, 0.25) is 0 Å². The molecule has 1 heterocycles. The predicted octanol–water partition coefficient (Wildman–Crippen LogP) is 5.75. The molecule has 0 saturated carbocycles. The van der Waals surface area contributed by atoms with Crippen molar-refractivity contribution < 1.29 is 4.42 Å². The second-order valence-electron chi connectivity index (χ2n) is 5.84. The van der Waals surface area contributed by atoms with Gasteiger partial charge in [0.25, 0.3) is 0 Å². The van der Waals surface area contributed by atoms with Crippen LogP contribution in [-0.4, -0.2) is 0 Å². The quantitative estimate of drug-likeness (QED) is 0.277. The molecule has 0 aromatic carbocycles. The Morgan fingerprint density at radius 2 is 1.62 bits per heavy atom. The molecule has 0 spiro atoms. The summed E-state index contributed by atoms with van der Waals surface area (Å²) in [5.74, 6) is 5.60. The van der Waals surface area contributed by atoms with Gasteiger partial charge in [-0.15, -0.1) is 0 Å². The van der Waals surface area contributed by atoms with E-state index in [2.05, 4.69) is 12.3 Å². The first-order valence-corrected chi connectivity index (χ1v) is 8.86. The molecule has 3 nitrogen and oxygen atoms in total. The fourth-order valence-corrected chi connectivity index (χ4v) is 2.96. The highest BCUT2D eigenvalue weighted by Gasteiger charge is 2.14. The highest BCUT2D eigenvalue weighted by Crippen LogP contribution is 2.27. The summed E-state index contributed by atoms with van der Waals surface area (Å²) < 4.78 is 5.12. The summed E-state index contributed by atoms with van der Waals surface area (Å²) in [7, 11) is 0. The number of nitrogens with two attached hydrogens (primary N) is 1. The van der Waals surface area contributed by atoms with Crippen molar-refractivity contribution in [3.63, 3.8) is 0 Å². The standard InChI is InChI=1S/C17H31ClN2O/c1-2-3-4-5-6-7-8-9-10-11-12-16(20-19)15-13-14-21-17(15)18/h13-14,16,20H,2-12,19H2,1H3. The fourth-order valence-electron chi connectivity index (χ4n) is 2.72. The number of rotatable bonds is 13. The lowest BCUT2D eigenvalue weighted by atomic mass is 10.0. The highest BCUT2D eigenvalue weighted by molar-refractivity contribution is 6.29. The molecule has 1 aromatic heterocycles. The van der Waals surface area contributed by atoms with Gasteiger partial charge in [-0.05, 0) is 24.1 Å². The first kappa shape index (κ1) is 18.5. The van der Waals surface area contributed by atoms with Gasteiger partial charge in [0.1, 0.15) is 0 Å². The Morgan fingerprint density at radius 1 is 1.05 bits per heavy atom. The number of furan rings is 1. The Balaban J connectivity index is 1.99. The van der Waals surface area contributed by atoms with E-state index in [-0.39, 0.29) is 6.04 Å². The van der Waals surface area contributed by atoms with Crippen molar-refractivity contribution in [2.75, 3.05) is 0 Å². The van der Waals surface area contributed by atoms with E-state index in [4.69, 9.17) is 21.9 Å². The summed E-state index contributed by atoms with van der Waals surface area (Å²) in [6.07, 6.45) is 16.1. The minimum Gasteiger partial charge on any atom is -0.453 e. The molecule has 1 rings (SSSR count). The molecular formula is C17H31ClN2O. The van der Waals surface area contributed by atoms with E-state index in [0.29, 0.717) is 5.22 Å². The van der Waals surface area contributed by atoms with Crippen LogP contribution in [0.4, 0.5) is 0 Å². The van der Waals surface area contributed by atoms with Gasteiger partial charge in [-0.3, -0.25) is 11.3 Å². The lowest BCUT2D eigenvalue weighted by Gasteiger charge is -2.14. The summed E-state index contributed by atoms with van der Waals surface area (Å²) in [6.45, 7) is 2.26. The monoisotopic (exact) mass is 314 g/mol. The van der Waals surface area contributed by atoms with Gasteiger partial charge in [-0.2, -0.15) is 0 Å². The maximum absolute atomic E-state index is 5.98. The SMILES string of the molecule is CCCCCCCCCCCCC(NN)c1ccoc1Cl. The van der Waals surface area contributed by atoms with E-state index in [0.717, 1.165) is 12.0 Å². The third-order valence-corrected chi connectivity index (χ3v) is 4.38.